The number of amides is 1. The van der Waals surface area contributed by atoms with Crippen molar-refractivity contribution in [3.05, 3.63) is 53.8 Å². The van der Waals surface area contributed by atoms with Crippen molar-refractivity contribution < 1.29 is 22.3 Å². The summed E-state index contributed by atoms with van der Waals surface area (Å²) in [6, 6.07) is 9.67. The van der Waals surface area contributed by atoms with E-state index >= 15 is 0 Å². The van der Waals surface area contributed by atoms with Crippen LogP contribution in [0.15, 0.2) is 42.5 Å². The minimum absolute atomic E-state index is 0.277. The Morgan fingerprint density at radius 1 is 1.17 bits per heavy atom. The predicted octanol–water partition coefficient (Wildman–Crippen LogP) is 2.85. The predicted molar refractivity (Wildman–Crippen MR) is 90.4 cm³/mol. The Bertz CT molecular complexity index is 836. The maximum absolute atomic E-state index is 12.9. The molecule has 0 aliphatic carbocycles. The molecule has 0 fully saturated rings. The zero-order chi connectivity index (χ0) is 17.7. The molecule has 0 aliphatic rings. The lowest BCUT2D eigenvalue weighted by Gasteiger charge is -2.13. The summed E-state index contributed by atoms with van der Waals surface area (Å²) in [6.07, 6.45) is 1.03. The number of benzene rings is 2. The summed E-state index contributed by atoms with van der Waals surface area (Å²) in [5, 5.41) is 2.65. The first kappa shape index (κ1) is 17.7. The first-order valence-corrected chi connectivity index (χ1v) is 8.99. The maximum atomic E-state index is 12.9. The number of anilines is 2. The minimum atomic E-state index is -3.45. The maximum Gasteiger partial charge on any atom is 0.255 e. The van der Waals surface area contributed by atoms with Gasteiger partial charge in [-0.3, -0.25) is 9.52 Å². The van der Waals surface area contributed by atoms with E-state index in [1.54, 1.807) is 6.92 Å². The zero-order valence-electron chi connectivity index (χ0n) is 13.2. The fourth-order valence-corrected chi connectivity index (χ4v) is 2.53. The Morgan fingerprint density at radius 2 is 1.83 bits per heavy atom. The molecule has 24 heavy (non-hydrogen) atoms. The van der Waals surface area contributed by atoms with Crippen LogP contribution in [0.2, 0.25) is 0 Å². The van der Waals surface area contributed by atoms with Crippen LogP contribution in [0.1, 0.15) is 17.3 Å². The van der Waals surface area contributed by atoms with Gasteiger partial charge in [-0.15, -0.1) is 0 Å². The number of carbonyl (C=O) groups is 1. The fourth-order valence-electron chi connectivity index (χ4n) is 1.96. The molecule has 2 aromatic carbocycles. The van der Waals surface area contributed by atoms with Gasteiger partial charge in [0.25, 0.3) is 5.91 Å². The van der Waals surface area contributed by atoms with Gasteiger partial charge in [0.15, 0.2) is 0 Å². The molecule has 0 bridgehead atoms. The highest BCUT2D eigenvalue weighted by Crippen LogP contribution is 2.29. The molecule has 0 heterocycles. The van der Waals surface area contributed by atoms with Crippen LogP contribution in [0.5, 0.6) is 5.75 Å². The third-order valence-electron chi connectivity index (χ3n) is 2.94. The van der Waals surface area contributed by atoms with Crippen LogP contribution in [0.3, 0.4) is 0 Å². The lowest BCUT2D eigenvalue weighted by molar-refractivity contribution is 0.102. The Balaban J connectivity index is 2.23. The number of nitrogens with one attached hydrogen (secondary N) is 2. The molecule has 0 aromatic heterocycles. The van der Waals surface area contributed by atoms with Crippen molar-refractivity contribution in [2.24, 2.45) is 0 Å². The van der Waals surface area contributed by atoms with Gasteiger partial charge >= 0.3 is 0 Å². The summed E-state index contributed by atoms with van der Waals surface area (Å²) in [5.74, 6) is -0.553. The molecule has 8 heteroatoms. The van der Waals surface area contributed by atoms with Crippen molar-refractivity contribution in [3.8, 4) is 5.75 Å². The molecule has 2 N–H and O–H groups in total. The van der Waals surface area contributed by atoms with E-state index in [1.165, 1.54) is 42.5 Å². The van der Waals surface area contributed by atoms with Gasteiger partial charge in [-0.1, -0.05) is 0 Å². The van der Waals surface area contributed by atoms with Crippen LogP contribution >= 0.6 is 0 Å². The first-order chi connectivity index (χ1) is 11.3. The number of sulfonamides is 1. The van der Waals surface area contributed by atoms with E-state index in [4.69, 9.17) is 4.74 Å². The highest BCUT2D eigenvalue weighted by Gasteiger charge is 2.12. The average Bonchev–Trinajstić information content (AvgIpc) is 2.49. The third kappa shape index (κ3) is 4.95. The van der Waals surface area contributed by atoms with Crippen molar-refractivity contribution >= 4 is 27.3 Å². The number of hydrogen-bond donors (Lipinski definition) is 2. The monoisotopic (exact) mass is 352 g/mol. The molecule has 0 atom stereocenters. The fraction of sp³-hybridized carbons (Fsp3) is 0.188. The molecule has 2 rings (SSSR count). The molecule has 0 radical (unpaired) electrons. The molecule has 2 aromatic rings. The Labute approximate surface area is 139 Å². The van der Waals surface area contributed by atoms with E-state index < -0.39 is 21.7 Å². The third-order valence-corrected chi connectivity index (χ3v) is 3.53. The van der Waals surface area contributed by atoms with Crippen LogP contribution in [0, 0.1) is 5.82 Å². The first-order valence-electron chi connectivity index (χ1n) is 7.10. The highest BCUT2D eigenvalue weighted by molar-refractivity contribution is 7.92. The second-order valence-electron chi connectivity index (χ2n) is 4.98. The van der Waals surface area contributed by atoms with E-state index in [9.17, 15) is 17.6 Å². The van der Waals surface area contributed by atoms with E-state index in [1.807, 2.05) is 0 Å². The van der Waals surface area contributed by atoms with Gasteiger partial charge < -0.3 is 10.1 Å². The topological polar surface area (TPSA) is 84.5 Å². The summed E-state index contributed by atoms with van der Waals surface area (Å²) < 4.78 is 43.4. The Kier molecular flexibility index (Phi) is 5.40. The zero-order valence-corrected chi connectivity index (χ0v) is 14.0. The number of ether oxygens (including phenoxy) is 1. The van der Waals surface area contributed by atoms with Crippen molar-refractivity contribution in [2.75, 3.05) is 22.9 Å². The lowest BCUT2D eigenvalue weighted by Crippen LogP contribution is -2.13. The molecule has 128 valence electrons. The van der Waals surface area contributed by atoms with Crippen LogP contribution in [0.25, 0.3) is 0 Å². The van der Waals surface area contributed by atoms with Crippen molar-refractivity contribution in [3.63, 3.8) is 0 Å². The summed E-state index contributed by atoms with van der Waals surface area (Å²) in [5.41, 5.74) is 0.999. The lowest BCUT2D eigenvalue weighted by atomic mass is 10.2. The SMILES string of the molecule is CCOc1cc(NC(=O)c2ccc(F)cc2)ccc1NS(C)(=O)=O. The van der Waals surface area contributed by atoms with E-state index in [0.717, 1.165) is 6.26 Å². The number of carbonyl (C=O) groups excluding carboxylic acids is 1. The van der Waals surface area contributed by atoms with Crippen molar-refractivity contribution in [2.45, 2.75) is 6.92 Å². The van der Waals surface area contributed by atoms with Crippen molar-refractivity contribution in [1.29, 1.82) is 0 Å². The van der Waals surface area contributed by atoms with Crippen LogP contribution in [0.4, 0.5) is 15.8 Å². The number of rotatable bonds is 6. The second-order valence-corrected chi connectivity index (χ2v) is 6.73. The van der Waals surface area contributed by atoms with Crippen molar-refractivity contribution in [1.82, 2.24) is 0 Å². The second kappa shape index (κ2) is 7.31. The number of hydrogen-bond acceptors (Lipinski definition) is 4. The van der Waals surface area contributed by atoms with Gasteiger partial charge in [-0.05, 0) is 43.3 Å². The van der Waals surface area contributed by atoms with Crippen LogP contribution in [-0.2, 0) is 10.0 Å². The van der Waals surface area contributed by atoms with Gasteiger partial charge in [0.1, 0.15) is 11.6 Å². The molecule has 1 amide bonds. The molecule has 0 saturated heterocycles. The Morgan fingerprint density at radius 3 is 2.42 bits per heavy atom. The van der Waals surface area contributed by atoms with Gasteiger partial charge in [-0.25, -0.2) is 12.8 Å². The summed E-state index contributed by atoms with van der Waals surface area (Å²) in [6.45, 7) is 2.09. The van der Waals surface area contributed by atoms with Gasteiger partial charge in [-0.2, -0.15) is 0 Å². The van der Waals surface area contributed by atoms with Gasteiger partial charge in [0.05, 0.1) is 18.6 Å². The molecular formula is C16H17FN2O4S. The number of halogens is 1. The molecule has 6 nitrogen and oxygen atoms in total. The minimum Gasteiger partial charge on any atom is -0.492 e. The smallest absolute Gasteiger partial charge is 0.255 e. The Hall–Kier alpha value is -2.61. The van der Waals surface area contributed by atoms with E-state index in [-0.39, 0.29) is 5.69 Å². The molecule has 0 unspecified atom stereocenters. The molecule has 0 aliphatic heterocycles. The highest BCUT2D eigenvalue weighted by atomic mass is 32.2. The standard InChI is InChI=1S/C16H17FN2O4S/c1-3-23-15-10-13(8-9-14(15)19-24(2,21)22)18-16(20)11-4-6-12(17)7-5-11/h4-10,19H,3H2,1-2H3,(H,18,20). The van der Waals surface area contributed by atoms with Crippen LogP contribution in [-0.4, -0.2) is 27.2 Å². The van der Waals surface area contributed by atoms with Gasteiger partial charge in [0, 0.05) is 17.3 Å². The quantitative estimate of drug-likeness (QED) is 0.837. The summed E-state index contributed by atoms with van der Waals surface area (Å²) in [4.78, 5) is 12.1. The van der Waals surface area contributed by atoms with Crippen LogP contribution < -0.4 is 14.8 Å². The molecule has 0 saturated carbocycles. The largest absolute Gasteiger partial charge is 0.492 e. The molecular weight excluding hydrogens is 335 g/mol. The molecule has 0 spiro atoms. The summed E-state index contributed by atoms with van der Waals surface area (Å²) >= 11 is 0. The van der Waals surface area contributed by atoms with E-state index in [0.29, 0.717) is 23.6 Å². The average molecular weight is 352 g/mol. The van der Waals surface area contributed by atoms with Gasteiger partial charge in [0.2, 0.25) is 10.0 Å². The summed E-state index contributed by atoms with van der Waals surface area (Å²) in [7, 11) is -3.45. The van der Waals surface area contributed by atoms with E-state index in [2.05, 4.69) is 10.0 Å². The normalized spacial score (nSPS) is 11.0.